The number of rotatable bonds is 22. The van der Waals surface area contributed by atoms with Crippen molar-refractivity contribution in [2.24, 2.45) is 107 Å². The summed E-state index contributed by atoms with van der Waals surface area (Å²) < 4.78 is 5.84. The van der Waals surface area contributed by atoms with Crippen molar-refractivity contribution in [1.29, 1.82) is 0 Å². The van der Waals surface area contributed by atoms with Crippen molar-refractivity contribution in [2.75, 3.05) is 105 Å². The van der Waals surface area contributed by atoms with E-state index in [-0.39, 0.29) is 0 Å². The van der Waals surface area contributed by atoms with Gasteiger partial charge in [-0.2, -0.15) is 0 Å². The van der Waals surface area contributed by atoms with Crippen molar-refractivity contribution in [1.82, 2.24) is 54.3 Å². The summed E-state index contributed by atoms with van der Waals surface area (Å²) >= 11 is 0. The first-order chi connectivity index (χ1) is 60.3. The molecule has 11 saturated heterocycles. The zero-order chi connectivity index (χ0) is 97.5. The predicted molar refractivity (Wildman–Crippen MR) is 576 cm³/mol. The third-order valence-corrected chi connectivity index (χ3v) is 34.5. The van der Waals surface area contributed by atoms with E-state index in [1.54, 1.807) is 0 Å². The molecule has 129 heavy (non-hydrogen) atoms. The van der Waals surface area contributed by atoms with Gasteiger partial charge in [-0.05, 0) is 439 Å². The van der Waals surface area contributed by atoms with Crippen LogP contribution in [0, 0.1) is 107 Å². The number of fused-ring (bicyclic) bond motifs is 4. The van der Waals surface area contributed by atoms with E-state index in [9.17, 15) is 0 Å². The van der Waals surface area contributed by atoms with E-state index in [2.05, 4.69) is 345 Å². The molecule has 0 aromatic heterocycles. The van der Waals surface area contributed by atoms with Crippen molar-refractivity contribution in [3.05, 3.63) is 0 Å². The van der Waals surface area contributed by atoms with Crippen LogP contribution < -0.4 is 5.32 Å². The average molecular weight is 1820 g/mol. The van der Waals surface area contributed by atoms with E-state index in [4.69, 9.17) is 4.74 Å². The molecule has 12 fully saturated rings. The Morgan fingerprint density at radius 3 is 0.915 bits per heavy atom. The highest BCUT2D eigenvalue weighted by atomic mass is 16.5. The van der Waals surface area contributed by atoms with Crippen LogP contribution in [0.2, 0.25) is 0 Å². The van der Waals surface area contributed by atoms with E-state index >= 15 is 0 Å². The molecule has 12 aliphatic rings. The molecule has 0 radical (unpaired) electrons. The first kappa shape index (κ1) is 123. The van der Waals surface area contributed by atoms with Gasteiger partial charge in [0.25, 0.3) is 0 Å². The molecule has 4 bridgehead atoms. The van der Waals surface area contributed by atoms with Crippen LogP contribution in [0.25, 0.3) is 0 Å². The van der Waals surface area contributed by atoms with Crippen LogP contribution >= 0.6 is 0 Å². The Kier molecular flexibility index (Phi) is 60.9. The highest BCUT2D eigenvalue weighted by Gasteiger charge is 2.44. The van der Waals surface area contributed by atoms with Crippen molar-refractivity contribution in [3.8, 4) is 0 Å². The van der Waals surface area contributed by atoms with Gasteiger partial charge in [-0.25, -0.2) is 0 Å². The lowest BCUT2D eigenvalue weighted by atomic mass is 9.75. The molecule has 11 heterocycles. The predicted octanol–water partition coefficient (Wildman–Crippen LogP) is 28.2. The van der Waals surface area contributed by atoms with Gasteiger partial charge < -0.3 is 29.7 Å². The Hall–Kier alpha value is -0.480. The zero-order valence-electron chi connectivity index (χ0n) is 95.7. The second kappa shape index (κ2) is 64.1. The molecule has 12 rings (SSSR count). The normalized spacial score (nSPS) is 29.8. The second-order valence-corrected chi connectivity index (χ2v) is 51.0. The molecule has 0 amide bonds. The monoisotopic (exact) mass is 1820 g/mol. The molecule has 0 spiro atoms. The quantitative estimate of drug-likeness (QED) is 0.112. The molecule has 1 aliphatic carbocycles. The van der Waals surface area contributed by atoms with Crippen molar-refractivity contribution >= 4 is 0 Å². The number of nitrogens with zero attached hydrogens (tertiary/aromatic N) is 10. The summed E-state index contributed by atoms with van der Waals surface area (Å²) in [5.41, 5.74) is 0. The lowest BCUT2D eigenvalue weighted by Gasteiger charge is -2.42. The summed E-state index contributed by atoms with van der Waals surface area (Å²) in [6.45, 7) is 114. The molecule has 1 saturated carbocycles. The van der Waals surface area contributed by atoms with E-state index in [1.807, 2.05) is 0 Å². The van der Waals surface area contributed by atoms with Crippen LogP contribution in [0.3, 0.4) is 0 Å². The number of piperidine rings is 4. The minimum absolute atomic E-state index is 0.431. The first-order valence-electron chi connectivity index (χ1n) is 57.2. The number of nitrogens with one attached hydrogen (secondary N) is 1. The second-order valence-electron chi connectivity index (χ2n) is 51.0. The molecule has 0 aromatic rings. The van der Waals surface area contributed by atoms with Gasteiger partial charge >= 0.3 is 0 Å². The fourth-order valence-electron chi connectivity index (χ4n) is 24.9. The molecule has 12 nitrogen and oxygen atoms in total. The van der Waals surface area contributed by atoms with E-state index in [0.29, 0.717) is 36.1 Å². The summed E-state index contributed by atoms with van der Waals surface area (Å²) in [6, 6.07) is 13.1. The maximum absolute atomic E-state index is 5.84. The molecule has 12 heteroatoms. The minimum Gasteiger partial charge on any atom is -0.375 e. The van der Waals surface area contributed by atoms with E-state index in [0.717, 1.165) is 192 Å². The molecule has 11 aliphatic heterocycles. The van der Waals surface area contributed by atoms with Crippen molar-refractivity contribution in [3.63, 3.8) is 0 Å². The van der Waals surface area contributed by atoms with Crippen LogP contribution in [0.4, 0.5) is 0 Å². The Bertz CT molecular complexity index is 2460. The molecular weight excluding hydrogens is 1580 g/mol. The van der Waals surface area contributed by atoms with Gasteiger partial charge in [0.15, 0.2) is 0 Å². The highest BCUT2D eigenvalue weighted by Crippen LogP contribution is 2.45. The van der Waals surface area contributed by atoms with Crippen LogP contribution in [-0.4, -0.2) is 263 Å². The fraction of sp³-hybridized carbons (Fsp3) is 1.00. The van der Waals surface area contributed by atoms with Gasteiger partial charge in [0.05, 0.1) is 12.7 Å². The van der Waals surface area contributed by atoms with Crippen LogP contribution in [-0.2, 0) is 4.74 Å². The summed E-state index contributed by atoms with van der Waals surface area (Å²) in [4.78, 5) is 26.2. The van der Waals surface area contributed by atoms with Crippen molar-refractivity contribution in [2.45, 2.75) is 547 Å². The summed E-state index contributed by atoms with van der Waals surface area (Å²) in [6.07, 6.45) is 34.9. The highest BCUT2D eigenvalue weighted by molar-refractivity contribution is 4.99. The molecular formula is C117H241N11O. The summed E-state index contributed by atoms with van der Waals surface area (Å²) in [5.74, 6) is 16.4. The van der Waals surface area contributed by atoms with Crippen LogP contribution in [0.1, 0.15) is 438 Å². The summed E-state index contributed by atoms with van der Waals surface area (Å²) in [5, 5.41) is 3.65. The molecule has 11 unspecified atom stereocenters. The topological polar surface area (TPSA) is 53.7 Å². The van der Waals surface area contributed by atoms with Gasteiger partial charge in [-0.3, -0.25) is 29.4 Å². The molecule has 0 aromatic carbocycles. The minimum atomic E-state index is 0.431. The SMILES string of the molecule is CC(C)C1CC2CCC(C1)N2C(C)C.CC(C)C1CC2CCC(C1)N2C(C)C.CC(C)C1CCCN(C(C)C)CC1.CC(C)C1CCN(C(C)C)C(C)C1.CC(C)C1CCN(C(C)C)C1.CC(C)C1CCN(C(C)C)CC1.CC(C)C1CN(C)C(C(C)C)CO1.CC(C)CC1CCC(C(C)C)CC1.CC(C)N1CCN(C(C)C)CC1.CC(C)NC1CCCN(C(C)C)CC1. The van der Waals surface area contributed by atoms with Gasteiger partial charge in [0.2, 0.25) is 0 Å². The van der Waals surface area contributed by atoms with Gasteiger partial charge in [-0.1, -0.05) is 165 Å². The largest absolute Gasteiger partial charge is 0.375 e. The maximum Gasteiger partial charge on any atom is 0.0725 e. The Morgan fingerprint density at radius 2 is 0.605 bits per heavy atom. The first-order valence-corrected chi connectivity index (χ1v) is 57.2. The number of ether oxygens (including phenoxy) is 1. The number of piperazine rings is 1. The van der Waals surface area contributed by atoms with Gasteiger partial charge in [-0.15, -0.1) is 0 Å². The van der Waals surface area contributed by atoms with E-state index < -0.39 is 0 Å². The van der Waals surface area contributed by atoms with Crippen LogP contribution in [0.15, 0.2) is 0 Å². The third kappa shape index (κ3) is 46.2. The Balaban J connectivity index is 0.000000370. The Labute approximate surface area is 812 Å². The van der Waals surface area contributed by atoms with Gasteiger partial charge in [0, 0.05) is 142 Å². The molecule has 1 N–H and O–H groups in total. The smallest absolute Gasteiger partial charge is 0.0725 e. The number of likely N-dealkylation sites (N-methyl/N-ethyl adjacent to an activating group) is 1. The lowest BCUT2D eigenvalue weighted by molar-refractivity contribution is -0.0836. The Morgan fingerprint density at radius 1 is 0.271 bits per heavy atom. The van der Waals surface area contributed by atoms with Crippen molar-refractivity contribution < 1.29 is 4.74 Å². The fourth-order valence-corrected chi connectivity index (χ4v) is 24.9. The maximum atomic E-state index is 5.84. The summed E-state index contributed by atoms with van der Waals surface area (Å²) in [7, 11) is 2.21. The third-order valence-electron chi connectivity index (χ3n) is 34.5. The van der Waals surface area contributed by atoms with Crippen LogP contribution in [0.5, 0.6) is 0 Å². The number of hydrogen-bond acceptors (Lipinski definition) is 12. The average Bonchev–Trinajstić information content (AvgIpc) is 1.65. The molecule has 11 atom stereocenters. The lowest BCUT2D eigenvalue weighted by Crippen LogP contribution is -2.51. The number of hydrogen-bond donors (Lipinski definition) is 1. The van der Waals surface area contributed by atoms with Gasteiger partial charge in [0.1, 0.15) is 0 Å². The number of likely N-dealkylation sites (tertiary alicyclic amines) is 5. The zero-order valence-corrected chi connectivity index (χ0v) is 95.7. The van der Waals surface area contributed by atoms with E-state index in [1.165, 1.54) is 239 Å². The molecule has 770 valence electrons. The number of morpholine rings is 1. The standard InChI is InChI=1S/2C13H25N.C13H26.C12H26N2.2C12H25N.C11H23NO.C11H23N.C10H22N2.C10H21N/c2*1-9(2)11-7-12-5-6-13(8-11)14(12)10(3)4;1-10(2)9-12-5-7-13(8-6-12)11(3)4;1-10(2)13-12-6-5-8-14(9-7-12)11(3)4;1-9(2)12-6-7-13(10(3)4)11(5)8-12;1-10(2)12-6-5-8-13(9-7-12)11(3)4;1-8(2)10-7-13-11(9(3)4)6-12(10)5;2*1-9(2)11-5-7-12(8-6-11)10(3)4;1-8(2)10-5-6-11(7-10)9(3)4/h2*9-13H,5-8H2,1-4H3;10-13H,5-9H2,1-4H3;10-13H,5-9H2,1-4H3;9-12H,6-8H2,1-5H3;10-12H,5-9H2,1-4H3;8-11H,6-7H2,1-5H3;9-11H,5-8H2,1-4H3;9-10H,5-8H2,1-4H3;8-10H,5-7H2,1-4H3.